The first-order valence-corrected chi connectivity index (χ1v) is 10.1. The Morgan fingerprint density at radius 3 is 1.07 bits per heavy atom. The minimum Gasteiger partial charge on any atom is -0.325 e. The van der Waals surface area contributed by atoms with E-state index >= 15 is 0 Å². The van der Waals surface area contributed by atoms with Crippen molar-refractivity contribution in [1.29, 1.82) is 0 Å². The summed E-state index contributed by atoms with van der Waals surface area (Å²) in [6, 6.07) is 3.22. The predicted molar refractivity (Wildman–Crippen MR) is 118 cm³/mol. The third-order valence-corrected chi connectivity index (χ3v) is 5.69. The molecule has 0 N–H and O–H groups in total. The summed E-state index contributed by atoms with van der Waals surface area (Å²) in [5, 5.41) is 1.75. The molecule has 2 rings (SSSR count). The highest BCUT2D eigenvalue weighted by Crippen LogP contribution is 2.31. The number of Topliss-reactive ketones (excluding diaryl/α,β-unsaturated/α-hetero) is 2. The Hall–Kier alpha value is -0.940. The number of aromatic nitrogens is 2. The van der Waals surface area contributed by atoms with Gasteiger partial charge in [-0.1, -0.05) is 87.9 Å². The van der Waals surface area contributed by atoms with E-state index in [1.165, 1.54) is 0 Å². The van der Waals surface area contributed by atoms with E-state index in [9.17, 15) is 9.59 Å². The molecule has 28 heavy (non-hydrogen) atoms. The summed E-state index contributed by atoms with van der Waals surface area (Å²) in [5.74, 6) is 0.00926. The zero-order valence-electron chi connectivity index (χ0n) is 17.4. The first kappa shape index (κ1) is 25.1. The van der Waals surface area contributed by atoms with Crippen LogP contribution in [0.2, 0.25) is 20.6 Å². The fourth-order valence-corrected chi connectivity index (χ4v) is 3.16. The monoisotopic (exact) mass is 466 g/mol. The number of carbonyl (C=O) groups excluding carboxylic acids is 2. The van der Waals surface area contributed by atoms with Crippen molar-refractivity contribution < 1.29 is 9.59 Å². The smallest absolute Gasteiger partial charge is 0.171 e. The highest BCUT2D eigenvalue weighted by Gasteiger charge is 2.28. The van der Waals surface area contributed by atoms with Gasteiger partial charge in [0.05, 0.1) is 11.1 Å². The van der Waals surface area contributed by atoms with E-state index in [0.717, 1.165) is 0 Å². The molecule has 0 radical (unpaired) electrons. The number of halogens is 4. The van der Waals surface area contributed by atoms with Crippen molar-refractivity contribution in [3.05, 3.63) is 43.9 Å². The summed E-state index contributed by atoms with van der Waals surface area (Å²) >= 11 is 23.7. The fraction of sp³-hybridized carbons (Fsp3) is 0.500. The molecule has 0 saturated carbocycles. The van der Waals surface area contributed by atoms with Gasteiger partial charge in [-0.05, 0) is 12.1 Å². The molecule has 0 aromatic carbocycles. The first-order valence-electron chi connectivity index (χ1n) is 8.61. The average Bonchev–Trinajstić information content (AvgIpc) is 2.97. The van der Waals surface area contributed by atoms with Gasteiger partial charge < -0.3 is 9.13 Å². The number of hydrogen-bond donors (Lipinski definition) is 0. The number of nitrogens with zero attached hydrogens (tertiary/aromatic N) is 2. The largest absolute Gasteiger partial charge is 0.325 e. The summed E-state index contributed by atoms with van der Waals surface area (Å²) < 4.78 is 3.17. The summed E-state index contributed by atoms with van der Waals surface area (Å²) in [6.07, 6.45) is 0. The Balaban J connectivity index is 0.000000280. The van der Waals surface area contributed by atoms with Gasteiger partial charge in [0.2, 0.25) is 0 Å². The first-order chi connectivity index (χ1) is 12.5. The lowest BCUT2D eigenvalue weighted by Crippen LogP contribution is -2.20. The number of rotatable bonds is 2. The molecule has 2 aromatic heterocycles. The van der Waals surface area contributed by atoms with E-state index in [4.69, 9.17) is 46.4 Å². The summed E-state index contributed by atoms with van der Waals surface area (Å²) in [5.41, 5.74) is 0.112. The van der Waals surface area contributed by atoms with Gasteiger partial charge in [0.15, 0.2) is 11.6 Å². The molecule has 0 aliphatic rings. The van der Waals surface area contributed by atoms with E-state index in [1.807, 2.05) is 41.5 Å². The predicted octanol–water partition coefficient (Wildman–Crippen LogP) is 7.12. The second kappa shape index (κ2) is 8.83. The van der Waals surface area contributed by atoms with Crippen LogP contribution in [0.3, 0.4) is 0 Å². The molecular weight excluding hydrogens is 442 g/mol. The third-order valence-electron chi connectivity index (χ3n) is 4.05. The van der Waals surface area contributed by atoms with Gasteiger partial charge in [-0.3, -0.25) is 9.59 Å². The number of carbonyl (C=O) groups is 2. The minimum absolute atomic E-state index is 0.00463. The molecule has 0 unspecified atom stereocenters. The zero-order valence-corrected chi connectivity index (χ0v) is 20.4. The SMILES string of the molecule is Cn1c(Cl)cc(C(=O)C(C)(C)C)c1Cl.Cn1c(Cl)cc(C(=O)C(C)(C)C)c1Cl. The van der Waals surface area contributed by atoms with E-state index in [2.05, 4.69) is 0 Å². The van der Waals surface area contributed by atoms with Crippen LogP contribution >= 0.6 is 46.4 Å². The van der Waals surface area contributed by atoms with E-state index in [1.54, 1.807) is 35.4 Å². The van der Waals surface area contributed by atoms with Crippen LogP contribution < -0.4 is 0 Å². The topological polar surface area (TPSA) is 44.0 Å². The Morgan fingerprint density at radius 2 is 0.929 bits per heavy atom. The molecule has 0 aliphatic heterocycles. The molecule has 0 spiro atoms. The second-order valence-electron chi connectivity index (χ2n) is 8.62. The van der Waals surface area contributed by atoms with Crippen LogP contribution in [0.5, 0.6) is 0 Å². The maximum atomic E-state index is 11.9. The van der Waals surface area contributed by atoms with Gasteiger partial charge in [-0.15, -0.1) is 0 Å². The van der Waals surface area contributed by atoms with Crippen molar-refractivity contribution in [2.45, 2.75) is 41.5 Å². The van der Waals surface area contributed by atoms with Gasteiger partial charge in [0.25, 0.3) is 0 Å². The quantitative estimate of drug-likeness (QED) is 0.441. The molecule has 2 heterocycles. The molecule has 0 amide bonds. The molecule has 156 valence electrons. The highest BCUT2D eigenvalue weighted by atomic mass is 35.5. The van der Waals surface area contributed by atoms with Gasteiger partial charge in [0, 0.05) is 24.9 Å². The maximum Gasteiger partial charge on any atom is 0.171 e. The summed E-state index contributed by atoms with van der Waals surface area (Å²) in [4.78, 5) is 23.8. The number of ketones is 2. The van der Waals surface area contributed by atoms with Crippen LogP contribution in [0.25, 0.3) is 0 Å². The average molecular weight is 468 g/mol. The number of hydrogen-bond acceptors (Lipinski definition) is 2. The summed E-state index contributed by atoms with van der Waals surface area (Å²) in [6.45, 7) is 11.1. The Labute approximate surface area is 186 Å². The van der Waals surface area contributed by atoms with Crippen molar-refractivity contribution in [3.63, 3.8) is 0 Å². The Morgan fingerprint density at radius 1 is 0.679 bits per heavy atom. The van der Waals surface area contributed by atoms with Gasteiger partial charge in [0.1, 0.15) is 20.6 Å². The normalized spacial score (nSPS) is 11.9. The fourth-order valence-electron chi connectivity index (χ4n) is 2.23. The lowest BCUT2D eigenvalue weighted by Gasteiger charge is -2.15. The van der Waals surface area contributed by atoms with Gasteiger partial charge in [-0.2, -0.15) is 0 Å². The third kappa shape index (κ3) is 5.56. The molecule has 0 atom stereocenters. The van der Waals surface area contributed by atoms with Crippen molar-refractivity contribution in [3.8, 4) is 0 Å². The molecule has 2 aromatic rings. The van der Waals surface area contributed by atoms with Crippen LogP contribution in [0.4, 0.5) is 0 Å². The van der Waals surface area contributed by atoms with Crippen LogP contribution in [0.15, 0.2) is 12.1 Å². The van der Waals surface area contributed by atoms with Crippen molar-refractivity contribution in [2.24, 2.45) is 24.9 Å². The van der Waals surface area contributed by atoms with Crippen LogP contribution in [-0.2, 0) is 14.1 Å². The lowest BCUT2D eigenvalue weighted by atomic mass is 9.87. The summed E-state index contributed by atoms with van der Waals surface area (Å²) in [7, 11) is 3.45. The molecular formula is C20H26Cl4N2O2. The molecule has 0 bridgehead atoms. The van der Waals surface area contributed by atoms with Crippen LogP contribution in [0, 0.1) is 10.8 Å². The second-order valence-corrected chi connectivity index (χ2v) is 10.1. The zero-order chi connectivity index (χ0) is 22.2. The van der Waals surface area contributed by atoms with E-state index in [0.29, 0.717) is 31.7 Å². The van der Waals surface area contributed by atoms with E-state index < -0.39 is 10.8 Å². The lowest BCUT2D eigenvalue weighted by molar-refractivity contribution is 0.0852. The molecule has 4 nitrogen and oxygen atoms in total. The van der Waals surface area contributed by atoms with Gasteiger partial charge in [-0.25, -0.2) is 0 Å². The van der Waals surface area contributed by atoms with Crippen molar-refractivity contribution >= 4 is 58.0 Å². The standard InChI is InChI=1S/2C10H13Cl2NO/c2*1-10(2,3)8(14)6-5-7(11)13(4)9(6)12/h2*5H,1-4H3. The Bertz CT molecular complexity index is 823. The highest BCUT2D eigenvalue weighted by molar-refractivity contribution is 6.37. The maximum absolute atomic E-state index is 11.9. The van der Waals surface area contributed by atoms with Crippen molar-refractivity contribution in [2.75, 3.05) is 0 Å². The Kier molecular flexibility index (Phi) is 7.91. The molecule has 8 heteroatoms. The molecule has 0 saturated heterocycles. The van der Waals surface area contributed by atoms with Crippen LogP contribution in [0.1, 0.15) is 62.3 Å². The van der Waals surface area contributed by atoms with Crippen LogP contribution in [-0.4, -0.2) is 20.7 Å². The van der Waals surface area contributed by atoms with E-state index in [-0.39, 0.29) is 11.6 Å². The molecule has 0 aliphatic carbocycles. The van der Waals surface area contributed by atoms with Crippen molar-refractivity contribution in [1.82, 2.24) is 9.13 Å². The molecule has 0 fully saturated rings. The minimum atomic E-state index is -0.436. The van der Waals surface area contributed by atoms with Gasteiger partial charge >= 0.3 is 0 Å².